The summed E-state index contributed by atoms with van der Waals surface area (Å²) in [7, 11) is 4.29. The number of nitrogens with one attached hydrogen (secondary N) is 1. The first kappa shape index (κ1) is 8.27. The maximum atomic E-state index is 3.38. The van der Waals surface area contributed by atoms with Crippen LogP contribution in [0.4, 0.5) is 0 Å². The van der Waals surface area contributed by atoms with E-state index in [4.69, 9.17) is 0 Å². The van der Waals surface area contributed by atoms with Crippen molar-refractivity contribution in [3.63, 3.8) is 0 Å². The molecule has 0 bridgehead atoms. The van der Waals surface area contributed by atoms with Gasteiger partial charge in [-0.15, -0.1) is 0 Å². The van der Waals surface area contributed by atoms with Crippen LogP contribution in [0.5, 0.6) is 0 Å². The summed E-state index contributed by atoms with van der Waals surface area (Å²) < 4.78 is 0. The minimum atomic E-state index is 0.619. The molecule has 1 aliphatic heterocycles. The maximum absolute atomic E-state index is 3.38. The number of likely N-dealkylation sites (tertiary alicyclic amines) is 1. The van der Waals surface area contributed by atoms with E-state index in [0.717, 1.165) is 11.8 Å². The lowest BCUT2D eigenvalue weighted by molar-refractivity contribution is 0.338. The van der Waals surface area contributed by atoms with Crippen molar-refractivity contribution in [2.75, 3.05) is 27.2 Å². The molecule has 2 rings (SSSR count). The Morgan fingerprint density at radius 2 is 2.25 bits per heavy atom. The van der Waals surface area contributed by atoms with E-state index in [1.165, 1.54) is 19.5 Å². The van der Waals surface area contributed by atoms with E-state index < -0.39 is 0 Å². The van der Waals surface area contributed by atoms with E-state index in [9.17, 15) is 0 Å². The maximum Gasteiger partial charge on any atom is 0.0291 e. The summed E-state index contributed by atoms with van der Waals surface area (Å²) in [5.41, 5.74) is 0. The molecule has 12 heavy (non-hydrogen) atoms. The third-order valence-electron chi connectivity index (χ3n) is 3.25. The van der Waals surface area contributed by atoms with Crippen molar-refractivity contribution in [3.05, 3.63) is 12.2 Å². The summed E-state index contributed by atoms with van der Waals surface area (Å²) in [6, 6.07) is 0.619. The van der Waals surface area contributed by atoms with Crippen molar-refractivity contribution in [1.82, 2.24) is 10.2 Å². The van der Waals surface area contributed by atoms with Crippen LogP contribution in [0.2, 0.25) is 0 Å². The summed E-state index contributed by atoms with van der Waals surface area (Å²) in [6.45, 7) is 2.55. The van der Waals surface area contributed by atoms with Crippen LogP contribution in [0.15, 0.2) is 12.2 Å². The van der Waals surface area contributed by atoms with Gasteiger partial charge in [-0.3, -0.25) is 0 Å². The molecule has 68 valence electrons. The Morgan fingerprint density at radius 1 is 1.42 bits per heavy atom. The van der Waals surface area contributed by atoms with Crippen LogP contribution in [0.3, 0.4) is 0 Å². The molecule has 0 aromatic carbocycles. The molecule has 1 saturated heterocycles. The Kier molecular flexibility index (Phi) is 2.20. The number of hydrogen-bond acceptors (Lipinski definition) is 2. The molecule has 0 saturated carbocycles. The molecular formula is C10H18N2. The SMILES string of the molecule is CN[C@@H]1C=CC[C@@H]2CN(C)C[C@@H]21. The number of likely N-dealkylation sites (N-methyl/N-ethyl adjacent to an activating group) is 1. The first-order valence-electron chi connectivity index (χ1n) is 4.83. The fourth-order valence-electron chi connectivity index (χ4n) is 2.63. The third kappa shape index (κ3) is 1.29. The minimum Gasteiger partial charge on any atom is -0.313 e. The highest BCUT2D eigenvalue weighted by atomic mass is 15.1. The van der Waals surface area contributed by atoms with Gasteiger partial charge in [0, 0.05) is 19.1 Å². The third-order valence-corrected chi connectivity index (χ3v) is 3.25. The average molecular weight is 166 g/mol. The number of nitrogens with zero attached hydrogens (tertiary/aromatic N) is 1. The van der Waals surface area contributed by atoms with Gasteiger partial charge in [-0.25, -0.2) is 0 Å². The van der Waals surface area contributed by atoms with Gasteiger partial charge in [0.1, 0.15) is 0 Å². The lowest BCUT2D eigenvalue weighted by atomic mass is 9.82. The number of hydrogen-bond donors (Lipinski definition) is 1. The predicted molar refractivity (Wildman–Crippen MR) is 51.1 cm³/mol. The van der Waals surface area contributed by atoms with Gasteiger partial charge in [0.05, 0.1) is 0 Å². The van der Waals surface area contributed by atoms with E-state index in [-0.39, 0.29) is 0 Å². The van der Waals surface area contributed by atoms with E-state index in [2.05, 4.69) is 36.5 Å². The van der Waals surface area contributed by atoms with Crippen LogP contribution in [0.1, 0.15) is 6.42 Å². The fraction of sp³-hybridized carbons (Fsp3) is 0.800. The summed E-state index contributed by atoms with van der Waals surface area (Å²) in [5.74, 6) is 1.75. The lowest BCUT2D eigenvalue weighted by Gasteiger charge is -2.28. The molecule has 0 unspecified atom stereocenters. The van der Waals surface area contributed by atoms with E-state index in [1.807, 2.05) is 0 Å². The second kappa shape index (κ2) is 3.19. The Morgan fingerprint density at radius 3 is 3.00 bits per heavy atom. The molecule has 0 radical (unpaired) electrons. The van der Waals surface area contributed by atoms with Gasteiger partial charge in [0.15, 0.2) is 0 Å². The molecule has 0 aromatic rings. The molecular weight excluding hydrogens is 148 g/mol. The summed E-state index contributed by atoms with van der Waals surface area (Å²) in [5, 5.41) is 3.38. The molecule has 1 N–H and O–H groups in total. The molecule has 1 heterocycles. The molecule has 2 heteroatoms. The normalized spacial score (nSPS) is 41.7. The summed E-state index contributed by atoms with van der Waals surface area (Å²) >= 11 is 0. The van der Waals surface area contributed by atoms with Crippen LogP contribution in [0, 0.1) is 11.8 Å². The predicted octanol–water partition coefficient (Wildman–Crippen LogP) is 0.712. The fourth-order valence-corrected chi connectivity index (χ4v) is 2.63. The molecule has 2 aliphatic rings. The quantitative estimate of drug-likeness (QED) is 0.577. The first-order chi connectivity index (χ1) is 5.81. The Bertz CT molecular complexity index is 188. The highest BCUT2D eigenvalue weighted by molar-refractivity contribution is 5.07. The second-order valence-electron chi connectivity index (χ2n) is 4.12. The summed E-state index contributed by atoms with van der Waals surface area (Å²) in [4.78, 5) is 2.45. The van der Waals surface area contributed by atoms with Crippen molar-refractivity contribution in [1.29, 1.82) is 0 Å². The standard InChI is InChI=1S/C10H18N2/c1-11-10-5-3-4-8-6-12(2)7-9(8)10/h3,5,8-11H,4,6-7H2,1-2H3/t8-,9+,10-/m1/s1. The zero-order valence-corrected chi connectivity index (χ0v) is 7.96. The van der Waals surface area contributed by atoms with Crippen LogP contribution < -0.4 is 5.32 Å². The highest BCUT2D eigenvalue weighted by Crippen LogP contribution is 2.31. The van der Waals surface area contributed by atoms with Gasteiger partial charge in [0.2, 0.25) is 0 Å². The number of fused-ring (bicyclic) bond motifs is 1. The van der Waals surface area contributed by atoms with E-state index in [1.54, 1.807) is 0 Å². The molecule has 2 nitrogen and oxygen atoms in total. The Hall–Kier alpha value is -0.340. The zero-order valence-electron chi connectivity index (χ0n) is 7.96. The molecule has 0 amide bonds. The van der Waals surface area contributed by atoms with Crippen LogP contribution in [-0.4, -0.2) is 38.1 Å². The van der Waals surface area contributed by atoms with Gasteiger partial charge >= 0.3 is 0 Å². The zero-order chi connectivity index (χ0) is 8.55. The largest absolute Gasteiger partial charge is 0.313 e. The highest BCUT2D eigenvalue weighted by Gasteiger charge is 2.35. The monoisotopic (exact) mass is 166 g/mol. The van der Waals surface area contributed by atoms with Crippen LogP contribution >= 0.6 is 0 Å². The van der Waals surface area contributed by atoms with E-state index >= 15 is 0 Å². The topological polar surface area (TPSA) is 15.3 Å². The molecule has 1 fully saturated rings. The smallest absolute Gasteiger partial charge is 0.0291 e. The van der Waals surface area contributed by atoms with Crippen LogP contribution in [0.25, 0.3) is 0 Å². The molecule has 3 atom stereocenters. The van der Waals surface area contributed by atoms with Gasteiger partial charge in [-0.2, -0.15) is 0 Å². The Balaban J connectivity index is 2.09. The molecule has 1 aliphatic carbocycles. The van der Waals surface area contributed by atoms with Crippen molar-refractivity contribution in [3.8, 4) is 0 Å². The van der Waals surface area contributed by atoms with E-state index in [0.29, 0.717) is 6.04 Å². The summed E-state index contributed by atoms with van der Waals surface area (Å²) in [6.07, 6.45) is 5.95. The van der Waals surface area contributed by atoms with Crippen molar-refractivity contribution in [2.45, 2.75) is 12.5 Å². The van der Waals surface area contributed by atoms with Gasteiger partial charge in [-0.1, -0.05) is 12.2 Å². The lowest BCUT2D eigenvalue weighted by Crippen LogP contribution is -2.38. The van der Waals surface area contributed by atoms with Gasteiger partial charge in [-0.05, 0) is 32.4 Å². The second-order valence-corrected chi connectivity index (χ2v) is 4.12. The van der Waals surface area contributed by atoms with Crippen molar-refractivity contribution >= 4 is 0 Å². The minimum absolute atomic E-state index is 0.619. The van der Waals surface area contributed by atoms with Crippen LogP contribution in [-0.2, 0) is 0 Å². The number of allylic oxidation sites excluding steroid dienone is 1. The van der Waals surface area contributed by atoms with Crippen molar-refractivity contribution in [2.24, 2.45) is 11.8 Å². The molecule has 0 spiro atoms. The first-order valence-corrected chi connectivity index (χ1v) is 4.83. The average Bonchev–Trinajstić information content (AvgIpc) is 2.44. The Labute approximate surface area is 74.6 Å². The molecule has 0 aromatic heterocycles. The van der Waals surface area contributed by atoms with Gasteiger partial charge < -0.3 is 10.2 Å². The van der Waals surface area contributed by atoms with Crippen molar-refractivity contribution < 1.29 is 0 Å². The van der Waals surface area contributed by atoms with Gasteiger partial charge in [0.25, 0.3) is 0 Å². The number of rotatable bonds is 1.